The van der Waals surface area contributed by atoms with Crippen molar-refractivity contribution in [3.8, 4) is 0 Å². The van der Waals surface area contributed by atoms with E-state index in [0.29, 0.717) is 16.5 Å². The van der Waals surface area contributed by atoms with Gasteiger partial charge in [-0.3, -0.25) is 4.79 Å². The smallest absolute Gasteiger partial charge is 0.255 e. The van der Waals surface area contributed by atoms with Crippen LogP contribution in [0.4, 0.5) is 0 Å². The lowest BCUT2D eigenvalue weighted by Gasteiger charge is -2.34. The number of likely N-dealkylation sites (tertiary alicyclic amines) is 1. The van der Waals surface area contributed by atoms with E-state index in [1.54, 1.807) is 6.07 Å². The number of rotatable bonds is 2. The summed E-state index contributed by atoms with van der Waals surface area (Å²) in [5.41, 5.74) is 6.51. The SMILES string of the molecule is CC(N)C1CCCN(C(=O)c2cccc(Br)c2Cl)C1. The quantitative estimate of drug-likeness (QED) is 0.894. The summed E-state index contributed by atoms with van der Waals surface area (Å²) in [7, 11) is 0. The second-order valence-corrected chi connectivity index (χ2v) is 6.35. The number of halogens is 2. The van der Waals surface area contributed by atoms with Gasteiger partial charge in [-0.25, -0.2) is 0 Å². The summed E-state index contributed by atoms with van der Waals surface area (Å²) in [6, 6.07) is 5.55. The molecule has 104 valence electrons. The number of hydrogen-bond acceptors (Lipinski definition) is 2. The molecule has 2 atom stereocenters. The van der Waals surface area contributed by atoms with Gasteiger partial charge in [-0.2, -0.15) is 0 Å². The largest absolute Gasteiger partial charge is 0.338 e. The molecule has 2 unspecified atom stereocenters. The van der Waals surface area contributed by atoms with E-state index in [4.69, 9.17) is 17.3 Å². The van der Waals surface area contributed by atoms with Gasteiger partial charge in [0.05, 0.1) is 10.6 Å². The molecular formula is C14H18BrClN2O. The Hall–Kier alpha value is -0.580. The van der Waals surface area contributed by atoms with Crippen molar-refractivity contribution >= 4 is 33.4 Å². The van der Waals surface area contributed by atoms with Crippen molar-refractivity contribution in [2.45, 2.75) is 25.8 Å². The van der Waals surface area contributed by atoms with E-state index in [1.165, 1.54) is 0 Å². The van der Waals surface area contributed by atoms with Crippen molar-refractivity contribution in [3.63, 3.8) is 0 Å². The number of nitrogens with zero attached hydrogens (tertiary/aromatic N) is 1. The Morgan fingerprint density at radius 3 is 3.00 bits per heavy atom. The first kappa shape index (κ1) is 14.8. The van der Waals surface area contributed by atoms with Gasteiger partial charge in [0.15, 0.2) is 0 Å². The molecule has 1 fully saturated rings. The van der Waals surface area contributed by atoms with Crippen LogP contribution in [0.15, 0.2) is 22.7 Å². The Kier molecular flexibility index (Phi) is 4.87. The molecule has 1 heterocycles. The summed E-state index contributed by atoms with van der Waals surface area (Å²) >= 11 is 9.54. The highest BCUT2D eigenvalue weighted by Crippen LogP contribution is 2.28. The van der Waals surface area contributed by atoms with Crippen molar-refractivity contribution in [1.29, 1.82) is 0 Å². The molecule has 2 N–H and O–H groups in total. The minimum absolute atomic E-state index is 0.00310. The molecule has 1 aromatic rings. The summed E-state index contributed by atoms with van der Waals surface area (Å²) in [4.78, 5) is 14.4. The maximum Gasteiger partial charge on any atom is 0.255 e. The van der Waals surface area contributed by atoms with Crippen molar-refractivity contribution in [2.24, 2.45) is 11.7 Å². The van der Waals surface area contributed by atoms with Gasteiger partial charge in [-0.05, 0) is 53.7 Å². The van der Waals surface area contributed by atoms with E-state index < -0.39 is 0 Å². The maximum absolute atomic E-state index is 12.5. The van der Waals surface area contributed by atoms with E-state index >= 15 is 0 Å². The Morgan fingerprint density at radius 1 is 1.58 bits per heavy atom. The Morgan fingerprint density at radius 2 is 2.32 bits per heavy atom. The van der Waals surface area contributed by atoms with Gasteiger partial charge in [0.1, 0.15) is 0 Å². The number of nitrogens with two attached hydrogens (primary N) is 1. The van der Waals surface area contributed by atoms with E-state index in [-0.39, 0.29) is 11.9 Å². The topological polar surface area (TPSA) is 46.3 Å². The fourth-order valence-electron chi connectivity index (χ4n) is 2.46. The summed E-state index contributed by atoms with van der Waals surface area (Å²) in [6.07, 6.45) is 2.09. The molecule has 0 spiro atoms. The van der Waals surface area contributed by atoms with Crippen LogP contribution in [0.3, 0.4) is 0 Å². The van der Waals surface area contributed by atoms with Crippen LogP contribution in [0.2, 0.25) is 5.02 Å². The molecule has 3 nitrogen and oxygen atoms in total. The molecule has 1 aromatic carbocycles. The van der Waals surface area contributed by atoms with Crippen molar-refractivity contribution in [3.05, 3.63) is 33.3 Å². The first-order chi connectivity index (χ1) is 9.00. The zero-order valence-electron chi connectivity index (χ0n) is 10.9. The van der Waals surface area contributed by atoms with Crippen LogP contribution >= 0.6 is 27.5 Å². The number of benzene rings is 1. The van der Waals surface area contributed by atoms with Crippen molar-refractivity contribution in [1.82, 2.24) is 4.90 Å². The van der Waals surface area contributed by atoms with Gasteiger partial charge in [0.25, 0.3) is 5.91 Å². The Balaban J connectivity index is 2.17. The summed E-state index contributed by atoms with van der Waals surface area (Å²) in [6.45, 7) is 3.51. The molecule has 0 saturated carbocycles. The standard InChI is InChI=1S/C14H18BrClN2O/c1-9(17)10-4-3-7-18(8-10)14(19)11-5-2-6-12(15)13(11)16/h2,5-6,9-10H,3-4,7-8,17H2,1H3. The van der Waals surface area contributed by atoms with E-state index in [2.05, 4.69) is 15.9 Å². The maximum atomic E-state index is 12.5. The second kappa shape index (κ2) is 6.25. The highest BCUT2D eigenvalue weighted by atomic mass is 79.9. The van der Waals surface area contributed by atoms with Gasteiger partial charge >= 0.3 is 0 Å². The molecule has 1 aliphatic heterocycles. The minimum Gasteiger partial charge on any atom is -0.338 e. The van der Waals surface area contributed by atoms with Crippen LogP contribution in [-0.4, -0.2) is 29.9 Å². The molecule has 1 aliphatic rings. The minimum atomic E-state index is -0.00310. The molecule has 1 amide bonds. The molecule has 5 heteroatoms. The molecule has 2 rings (SSSR count). The molecule has 0 radical (unpaired) electrons. The zero-order chi connectivity index (χ0) is 14.0. The van der Waals surface area contributed by atoms with Gasteiger partial charge in [-0.15, -0.1) is 0 Å². The lowest BCUT2D eigenvalue weighted by atomic mass is 9.92. The van der Waals surface area contributed by atoms with Crippen LogP contribution < -0.4 is 5.73 Å². The average Bonchev–Trinajstić information content (AvgIpc) is 2.41. The third kappa shape index (κ3) is 3.30. The first-order valence-corrected chi connectivity index (χ1v) is 7.66. The third-order valence-electron chi connectivity index (χ3n) is 3.67. The predicted molar refractivity (Wildman–Crippen MR) is 81.4 cm³/mol. The van der Waals surface area contributed by atoms with Gasteiger partial charge in [-0.1, -0.05) is 17.7 Å². The number of carbonyl (C=O) groups is 1. The van der Waals surface area contributed by atoms with Gasteiger partial charge < -0.3 is 10.6 Å². The highest BCUT2D eigenvalue weighted by molar-refractivity contribution is 9.10. The number of piperidine rings is 1. The van der Waals surface area contributed by atoms with E-state index in [1.807, 2.05) is 24.0 Å². The number of carbonyl (C=O) groups excluding carboxylic acids is 1. The van der Waals surface area contributed by atoms with E-state index in [9.17, 15) is 4.79 Å². The van der Waals surface area contributed by atoms with Gasteiger partial charge in [0.2, 0.25) is 0 Å². The predicted octanol–water partition coefficient (Wildman–Crippen LogP) is 3.30. The summed E-state index contributed by atoms with van der Waals surface area (Å²) in [5, 5.41) is 0.482. The second-order valence-electron chi connectivity index (χ2n) is 5.11. The van der Waals surface area contributed by atoms with Crippen LogP contribution in [0.5, 0.6) is 0 Å². The molecule has 1 saturated heterocycles. The van der Waals surface area contributed by atoms with Gasteiger partial charge in [0, 0.05) is 23.6 Å². The number of amides is 1. The fourth-order valence-corrected chi connectivity index (χ4v) is 3.04. The Labute approximate surface area is 127 Å². The lowest BCUT2D eigenvalue weighted by molar-refractivity contribution is 0.0661. The van der Waals surface area contributed by atoms with Crippen LogP contribution in [0.25, 0.3) is 0 Å². The molecular weight excluding hydrogens is 328 g/mol. The fraction of sp³-hybridized carbons (Fsp3) is 0.500. The monoisotopic (exact) mass is 344 g/mol. The summed E-state index contributed by atoms with van der Waals surface area (Å²) in [5.74, 6) is 0.375. The summed E-state index contributed by atoms with van der Waals surface area (Å²) < 4.78 is 0.751. The van der Waals surface area contributed by atoms with E-state index in [0.717, 1.165) is 30.4 Å². The Bertz CT molecular complexity index is 479. The average molecular weight is 346 g/mol. The van der Waals surface area contributed by atoms with Crippen LogP contribution in [0.1, 0.15) is 30.1 Å². The number of hydrogen-bond donors (Lipinski definition) is 1. The third-order valence-corrected chi connectivity index (χ3v) is 4.97. The van der Waals surface area contributed by atoms with Crippen molar-refractivity contribution < 1.29 is 4.79 Å². The molecule has 0 bridgehead atoms. The first-order valence-electron chi connectivity index (χ1n) is 6.49. The molecule has 19 heavy (non-hydrogen) atoms. The van der Waals surface area contributed by atoms with Crippen LogP contribution in [0, 0.1) is 5.92 Å². The molecule has 0 aliphatic carbocycles. The zero-order valence-corrected chi connectivity index (χ0v) is 13.2. The normalized spacial score (nSPS) is 21.3. The van der Waals surface area contributed by atoms with Crippen LogP contribution in [-0.2, 0) is 0 Å². The van der Waals surface area contributed by atoms with Crippen molar-refractivity contribution in [2.75, 3.05) is 13.1 Å². The lowest BCUT2D eigenvalue weighted by Crippen LogP contribution is -2.45. The highest BCUT2D eigenvalue weighted by Gasteiger charge is 2.27. The molecule has 0 aromatic heterocycles.